The van der Waals surface area contributed by atoms with E-state index in [9.17, 15) is 9.59 Å². The normalized spacial score (nSPS) is 16.0. The Kier molecular flexibility index (Phi) is 5.71. The summed E-state index contributed by atoms with van der Waals surface area (Å²) in [5.41, 5.74) is 1.53. The van der Waals surface area contributed by atoms with Gasteiger partial charge in [0.25, 0.3) is 5.91 Å². The van der Waals surface area contributed by atoms with Gasteiger partial charge in [0.15, 0.2) is 0 Å². The third-order valence-corrected chi connectivity index (χ3v) is 4.61. The number of rotatable bonds is 4. The van der Waals surface area contributed by atoms with E-state index in [2.05, 4.69) is 5.32 Å². The fourth-order valence-electron chi connectivity index (χ4n) is 2.32. The molecule has 1 atom stereocenters. The molecule has 1 N–H and O–H groups in total. The Bertz CT molecular complexity index is 542. The van der Waals surface area contributed by atoms with Crippen LogP contribution in [0.2, 0.25) is 0 Å². The number of carbonyl (C=O) groups excluding carboxylic acids is 2. The second kappa shape index (κ2) is 7.54. The van der Waals surface area contributed by atoms with Gasteiger partial charge in [0.05, 0.1) is 0 Å². The number of hydrogen-bond acceptors (Lipinski definition) is 4. The molecular weight excluding hydrogens is 298 g/mol. The van der Waals surface area contributed by atoms with E-state index in [-0.39, 0.29) is 11.8 Å². The van der Waals surface area contributed by atoms with Crippen LogP contribution < -0.4 is 10.2 Å². The minimum absolute atomic E-state index is 0.00239. The summed E-state index contributed by atoms with van der Waals surface area (Å²) >= 11 is 1.86. The molecule has 1 aliphatic rings. The maximum absolute atomic E-state index is 12.3. The Morgan fingerprint density at radius 3 is 2.59 bits per heavy atom. The molecule has 0 aromatic heterocycles. The molecule has 2 rings (SSSR count). The molecule has 0 unspecified atom stereocenters. The predicted molar refractivity (Wildman–Crippen MR) is 91.6 cm³/mol. The summed E-state index contributed by atoms with van der Waals surface area (Å²) in [4.78, 5) is 28.4. The van der Waals surface area contributed by atoms with Crippen molar-refractivity contribution in [1.29, 1.82) is 0 Å². The molecule has 0 radical (unpaired) electrons. The number of amides is 2. The first-order valence-corrected chi connectivity index (χ1v) is 8.59. The van der Waals surface area contributed by atoms with E-state index >= 15 is 0 Å². The van der Waals surface area contributed by atoms with Gasteiger partial charge in [-0.1, -0.05) is 6.07 Å². The number of thioether (sulfide) groups is 1. The number of nitrogens with one attached hydrogen (secondary N) is 1. The van der Waals surface area contributed by atoms with E-state index in [0.29, 0.717) is 5.56 Å². The maximum atomic E-state index is 12.3. The van der Waals surface area contributed by atoms with E-state index < -0.39 is 6.04 Å². The summed E-state index contributed by atoms with van der Waals surface area (Å²) in [6, 6.07) is 6.87. The lowest BCUT2D eigenvalue weighted by Crippen LogP contribution is -2.49. The predicted octanol–water partition coefficient (Wildman–Crippen LogP) is 1.45. The van der Waals surface area contributed by atoms with Crippen molar-refractivity contribution in [3.05, 3.63) is 29.8 Å². The zero-order chi connectivity index (χ0) is 16.1. The van der Waals surface area contributed by atoms with Crippen LogP contribution in [0.25, 0.3) is 0 Å². The van der Waals surface area contributed by atoms with Crippen LogP contribution in [-0.2, 0) is 4.79 Å². The molecule has 0 saturated carbocycles. The molecule has 1 aliphatic heterocycles. The molecule has 2 amide bonds. The molecule has 22 heavy (non-hydrogen) atoms. The Morgan fingerprint density at radius 1 is 1.27 bits per heavy atom. The lowest BCUT2D eigenvalue weighted by Gasteiger charge is -2.29. The van der Waals surface area contributed by atoms with Gasteiger partial charge in [0.1, 0.15) is 6.04 Å². The molecule has 120 valence electrons. The SMILES string of the molecule is C[C@H](NC(=O)c1cccc(N(C)C)c1)C(=O)N1CCSCC1. The van der Waals surface area contributed by atoms with Crippen molar-refractivity contribution in [3.63, 3.8) is 0 Å². The average Bonchev–Trinajstić information content (AvgIpc) is 2.54. The second-order valence-corrected chi connectivity index (χ2v) is 6.80. The summed E-state index contributed by atoms with van der Waals surface area (Å²) in [6.45, 7) is 3.28. The van der Waals surface area contributed by atoms with Crippen LogP contribution in [0.15, 0.2) is 24.3 Å². The standard InChI is InChI=1S/C16H23N3O2S/c1-12(16(21)19-7-9-22-10-8-19)17-15(20)13-5-4-6-14(11-13)18(2)3/h4-6,11-12H,7-10H2,1-3H3,(H,17,20)/t12-/m0/s1. The van der Waals surface area contributed by atoms with Crippen LogP contribution in [0, 0.1) is 0 Å². The fraction of sp³-hybridized carbons (Fsp3) is 0.500. The molecule has 0 bridgehead atoms. The summed E-state index contributed by atoms with van der Waals surface area (Å²) in [5, 5.41) is 2.80. The molecule has 0 spiro atoms. The van der Waals surface area contributed by atoms with Gasteiger partial charge in [-0.3, -0.25) is 9.59 Å². The highest BCUT2D eigenvalue weighted by atomic mass is 32.2. The van der Waals surface area contributed by atoms with Crippen molar-refractivity contribution in [2.75, 3.05) is 43.6 Å². The number of benzene rings is 1. The van der Waals surface area contributed by atoms with Gasteiger partial charge < -0.3 is 15.1 Å². The Labute approximate surface area is 136 Å². The molecule has 5 nitrogen and oxygen atoms in total. The van der Waals surface area contributed by atoms with Gasteiger partial charge in [0, 0.05) is 49.9 Å². The molecule has 1 fully saturated rings. The first-order valence-electron chi connectivity index (χ1n) is 7.44. The molecular formula is C16H23N3O2S. The average molecular weight is 321 g/mol. The molecule has 1 saturated heterocycles. The van der Waals surface area contributed by atoms with Crippen LogP contribution >= 0.6 is 11.8 Å². The van der Waals surface area contributed by atoms with Gasteiger partial charge in [0.2, 0.25) is 5.91 Å². The summed E-state index contributed by atoms with van der Waals surface area (Å²) in [7, 11) is 3.86. The number of carbonyl (C=O) groups is 2. The quantitative estimate of drug-likeness (QED) is 0.912. The zero-order valence-corrected chi connectivity index (χ0v) is 14.2. The van der Waals surface area contributed by atoms with Crippen LogP contribution in [0.5, 0.6) is 0 Å². The minimum atomic E-state index is -0.501. The van der Waals surface area contributed by atoms with Gasteiger partial charge >= 0.3 is 0 Å². The van der Waals surface area contributed by atoms with Crippen LogP contribution in [0.1, 0.15) is 17.3 Å². The van der Waals surface area contributed by atoms with E-state index in [0.717, 1.165) is 30.3 Å². The van der Waals surface area contributed by atoms with E-state index in [1.807, 2.05) is 53.9 Å². The van der Waals surface area contributed by atoms with Crippen LogP contribution in [0.3, 0.4) is 0 Å². The molecule has 6 heteroatoms. The first kappa shape index (κ1) is 16.7. The molecule has 1 aromatic rings. The number of nitrogens with zero attached hydrogens (tertiary/aromatic N) is 2. The highest BCUT2D eigenvalue weighted by molar-refractivity contribution is 7.99. The third-order valence-electron chi connectivity index (χ3n) is 3.67. The smallest absolute Gasteiger partial charge is 0.251 e. The van der Waals surface area contributed by atoms with Crippen LogP contribution in [-0.4, -0.2) is 61.4 Å². The number of hydrogen-bond donors (Lipinski definition) is 1. The fourth-order valence-corrected chi connectivity index (χ4v) is 3.23. The van der Waals surface area contributed by atoms with Crippen molar-refractivity contribution >= 4 is 29.3 Å². The Hall–Kier alpha value is -1.69. The van der Waals surface area contributed by atoms with Gasteiger partial charge in [-0.05, 0) is 25.1 Å². The van der Waals surface area contributed by atoms with Crippen molar-refractivity contribution in [2.24, 2.45) is 0 Å². The van der Waals surface area contributed by atoms with Crippen molar-refractivity contribution in [1.82, 2.24) is 10.2 Å². The topological polar surface area (TPSA) is 52.7 Å². The Balaban J connectivity index is 1.98. The number of anilines is 1. The summed E-state index contributed by atoms with van der Waals surface area (Å²) in [5.74, 6) is 1.72. The van der Waals surface area contributed by atoms with E-state index in [1.54, 1.807) is 13.0 Å². The first-order chi connectivity index (χ1) is 10.5. The van der Waals surface area contributed by atoms with Crippen LogP contribution in [0.4, 0.5) is 5.69 Å². The highest BCUT2D eigenvalue weighted by Gasteiger charge is 2.23. The van der Waals surface area contributed by atoms with E-state index in [4.69, 9.17) is 0 Å². The molecule has 1 heterocycles. The monoisotopic (exact) mass is 321 g/mol. The van der Waals surface area contributed by atoms with Crippen molar-refractivity contribution in [2.45, 2.75) is 13.0 Å². The Morgan fingerprint density at radius 2 is 1.95 bits per heavy atom. The molecule has 1 aromatic carbocycles. The van der Waals surface area contributed by atoms with Gasteiger partial charge in [-0.2, -0.15) is 11.8 Å². The highest BCUT2D eigenvalue weighted by Crippen LogP contribution is 2.14. The van der Waals surface area contributed by atoms with Crippen molar-refractivity contribution < 1.29 is 9.59 Å². The lowest BCUT2D eigenvalue weighted by molar-refractivity contribution is -0.132. The summed E-state index contributed by atoms with van der Waals surface area (Å²) < 4.78 is 0. The zero-order valence-electron chi connectivity index (χ0n) is 13.3. The van der Waals surface area contributed by atoms with E-state index in [1.165, 1.54) is 0 Å². The maximum Gasteiger partial charge on any atom is 0.251 e. The summed E-state index contributed by atoms with van der Waals surface area (Å²) in [6.07, 6.45) is 0. The second-order valence-electron chi connectivity index (χ2n) is 5.58. The largest absolute Gasteiger partial charge is 0.378 e. The molecule has 0 aliphatic carbocycles. The third kappa shape index (κ3) is 4.16. The van der Waals surface area contributed by atoms with Gasteiger partial charge in [-0.25, -0.2) is 0 Å². The minimum Gasteiger partial charge on any atom is -0.378 e. The van der Waals surface area contributed by atoms with Crippen molar-refractivity contribution in [3.8, 4) is 0 Å². The van der Waals surface area contributed by atoms with Gasteiger partial charge in [-0.15, -0.1) is 0 Å². The lowest BCUT2D eigenvalue weighted by atomic mass is 10.1.